The van der Waals surface area contributed by atoms with Gasteiger partial charge in [-0.1, -0.05) is 0 Å². The molecule has 0 fully saturated rings. The fourth-order valence-corrected chi connectivity index (χ4v) is 2.48. The van der Waals surface area contributed by atoms with Crippen molar-refractivity contribution >= 4 is 5.65 Å². The number of pyridine rings is 2. The zero-order valence-corrected chi connectivity index (χ0v) is 14.5. The Hall–Kier alpha value is -3.31. The van der Waals surface area contributed by atoms with Crippen LogP contribution in [0, 0.1) is 0 Å². The molecule has 0 amide bonds. The smallest absolute Gasteiger partial charge is 0.434 e. The third-order valence-corrected chi connectivity index (χ3v) is 3.71. The number of fused-ring (bicyclic) bond motifs is 1. The van der Waals surface area contributed by atoms with Crippen molar-refractivity contribution in [3.63, 3.8) is 0 Å². The number of aromatic nitrogens is 3. The highest BCUT2D eigenvalue weighted by molar-refractivity contribution is 5.67. The van der Waals surface area contributed by atoms with Gasteiger partial charge in [0, 0.05) is 30.1 Å². The van der Waals surface area contributed by atoms with Gasteiger partial charge in [0.05, 0.1) is 12.7 Å². The lowest BCUT2D eigenvalue weighted by Gasteiger charge is -2.14. The Kier molecular flexibility index (Phi) is 5.11. The van der Waals surface area contributed by atoms with Crippen molar-refractivity contribution < 1.29 is 35.8 Å². The van der Waals surface area contributed by atoms with Gasteiger partial charge in [-0.3, -0.25) is 9.20 Å². The van der Waals surface area contributed by atoms with Crippen molar-refractivity contribution in [1.29, 1.82) is 0 Å². The van der Waals surface area contributed by atoms with E-state index in [-0.39, 0.29) is 17.0 Å². The second kappa shape index (κ2) is 7.26. The van der Waals surface area contributed by atoms with Crippen molar-refractivity contribution in [2.75, 3.05) is 13.7 Å². The largest absolute Gasteiger partial charge is 0.497 e. The number of rotatable bonds is 4. The average molecular weight is 419 g/mol. The highest BCUT2D eigenvalue weighted by atomic mass is 19.4. The summed E-state index contributed by atoms with van der Waals surface area (Å²) in [6, 6.07) is 4.46. The quantitative estimate of drug-likeness (QED) is 0.603. The molecule has 0 spiro atoms. The van der Waals surface area contributed by atoms with Crippen LogP contribution in [0.3, 0.4) is 0 Å². The Morgan fingerprint density at radius 2 is 1.83 bits per heavy atom. The summed E-state index contributed by atoms with van der Waals surface area (Å²) < 4.78 is 87.4. The second-order valence-corrected chi connectivity index (χ2v) is 5.72. The summed E-state index contributed by atoms with van der Waals surface area (Å²) in [5.74, 6) is -0.260. The van der Waals surface area contributed by atoms with Crippen LogP contribution in [0.25, 0.3) is 16.8 Å². The van der Waals surface area contributed by atoms with Gasteiger partial charge in [-0.05, 0) is 12.1 Å². The lowest BCUT2D eigenvalue weighted by molar-refractivity contribution is -0.154. The molecule has 0 unspecified atom stereocenters. The minimum atomic E-state index is -4.97. The first kappa shape index (κ1) is 20.4. The molecule has 0 saturated carbocycles. The van der Waals surface area contributed by atoms with Crippen molar-refractivity contribution in [2.45, 2.75) is 12.4 Å². The van der Waals surface area contributed by atoms with Gasteiger partial charge in [-0.25, -0.2) is 9.97 Å². The Bertz CT molecular complexity index is 1090. The van der Waals surface area contributed by atoms with Crippen molar-refractivity contribution in [3.8, 4) is 22.8 Å². The van der Waals surface area contributed by atoms with Gasteiger partial charge in [0.25, 0.3) is 5.56 Å². The van der Waals surface area contributed by atoms with Crippen LogP contribution in [0.5, 0.6) is 11.6 Å². The van der Waals surface area contributed by atoms with Gasteiger partial charge in [0.2, 0.25) is 5.88 Å². The normalized spacial score (nSPS) is 12.2. The molecule has 154 valence electrons. The molecule has 0 N–H and O–H groups in total. The van der Waals surface area contributed by atoms with E-state index in [1.807, 2.05) is 0 Å². The number of ether oxygens (including phenoxy) is 2. The van der Waals surface area contributed by atoms with E-state index in [0.29, 0.717) is 0 Å². The Morgan fingerprint density at radius 1 is 1.10 bits per heavy atom. The lowest BCUT2D eigenvalue weighted by atomic mass is 10.1. The van der Waals surface area contributed by atoms with Crippen molar-refractivity contribution in [3.05, 3.63) is 52.7 Å². The maximum Gasteiger partial charge on any atom is 0.434 e. The van der Waals surface area contributed by atoms with E-state index >= 15 is 0 Å². The van der Waals surface area contributed by atoms with E-state index in [9.17, 15) is 31.1 Å². The SMILES string of the molecule is COc1ccn2c(=O)c(-c3ccc(OCC(F)(F)F)nc3)c(C(F)(F)F)nc2c1. The third-order valence-electron chi connectivity index (χ3n) is 3.71. The van der Waals surface area contributed by atoms with Crippen LogP contribution in [-0.4, -0.2) is 34.3 Å². The highest BCUT2D eigenvalue weighted by Crippen LogP contribution is 2.34. The molecule has 3 rings (SSSR count). The monoisotopic (exact) mass is 419 g/mol. The van der Waals surface area contributed by atoms with E-state index in [4.69, 9.17) is 4.74 Å². The number of hydrogen-bond acceptors (Lipinski definition) is 5. The molecule has 29 heavy (non-hydrogen) atoms. The van der Waals surface area contributed by atoms with Gasteiger partial charge in [-0.2, -0.15) is 26.3 Å². The van der Waals surface area contributed by atoms with Crippen LogP contribution in [0.4, 0.5) is 26.3 Å². The maximum absolute atomic E-state index is 13.5. The number of methoxy groups -OCH3 is 1. The van der Waals surface area contributed by atoms with Crippen molar-refractivity contribution in [1.82, 2.24) is 14.4 Å². The molecular formula is C17H11F6N3O3. The first-order valence-corrected chi connectivity index (χ1v) is 7.83. The van der Waals surface area contributed by atoms with Crippen LogP contribution in [0.15, 0.2) is 41.5 Å². The molecule has 0 aliphatic carbocycles. The van der Waals surface area contributed by atoms with E-state index in [0.717, 1.165) is 28.8 Å². The van der Waals surface area contributed by atoms with E-state index in [1.54, 1.807) is 0 Å². The summed E-state index contributed by atoms with van der Waals surface area (Å²) >= 11 is 0. The molecule has 0 radical (unpaired) electrons. The average Bonchev–Trinajstić information content (AvgIpc) is 2.65. The summed E-state index contributed by atoms with van der Waals surface area (Å²) in [7, 11) is 1.30. The summed E-state index contributed by atoms with van der Waals surface area (Å²) in [4.78, 5) is 19.8. The summed E-state index contributed by atoms with van der Waals surface area (Å²) in [6.07, 6.45) is -7.57. The van der Waals surface area contributed by atoms with E-state index < -0.39 is 41.7 Å². The van der Waals surface area contributed by atoms with Crippen molar-refractivity contribution in [2.24, 2.45) is 0 Å². The third kappa shape index (κ3) is 4.41. The molecule has 3 aromatic heterocycles. The lowest BCUT2D eigenvalue weighted by Crippen LogP contribution is -2.24. The number of hydrogen-bond donors (Lipinski definition) is 0. The summed E-state index contributed by atoms with van der Waals surface area (Å²) in [5.41, 5.74) is -3.85. The van der Waals surface area contributed by atoms with Gasteiger partial charge in [0.1, 0.15) is 11.4 Å². The number of halogens is 6. The first-order chi connectivity index (χ1) is 13.5. The Labute approximate surface area is 158 Å². The Balaban J connectivity index is 2.13. The fraction of sp³-hybridized carbons (Fsp3) is 0.235. The standard InChI is InChI=1S/C17H11F6N3O3/c1-28-10-4-5-26-11(6-10)25-14(17(21,22)23)13(15(26)27)9-2-3-12(24-7-9)29-8-16(18,19)20/h2-7H,8H2,1H3. The molecule has 3 aromatic rings. The maximum atomic E-state index is 13.5. The minimum absolute atomic E-state index is 0.200. The van der Waals surface area contributed by atoms with Crippen LogP contribution >= 0.6 is 0 Å². The fourth-order valence-electron chi connectivity index (χ4n) is 2.48. The van der Waals surface area contributed by atoms with Gasteiger partial charge in [-0.15, -0.1) is 0 Å². The highest BCUT2D eigenvalue weighted by Gasteiger charge is 2.38. The number of nitrogens with zero attached hydrogens (tertiary/aromatic N) is 3. The van der Waals surface area contributed by atoms with E-state index in [2.05, 4.69) is 14.7 Å². The van der Waals surface area contributed by atoms with Crippen LogP contribution in [0.1, 0.15) is 5.69 Å². The molecule has 0 aliphatic rings. The van der Waals surface area contributed by atoms with Crippen LogP contribution < -0.4 is 15.0 Å². The molecule has 0 aliphatic heterocycles. The second-order valence-electron chi connectivity index (χ2n) is 5.72. The summed E-state index contributed by atoms with van der Waals surface area (Å²) in [5, 5.41) is 0. The molecular weight excluding hydrogens is 408 g/mol. The number of alkyl halides is 6. The molecule has 6 nitrogen and oxygen atoms in total. The predicted octanol–water partition coefficient (Wildman–Crippen LogP) is 3.73. The Morgan fingerprint density at radius 3 is 2.38 bits per heavy atom. The molecule has 0 saturated heterocycles. The zero-order chi connectivity index (χ0) is 21.4. The van der Waals surface area contributed by atoms with Gasteiger partial charge in [0.15, 0.2) is 12.3 Å². The van der Waals surface area contributed by atoms with Gasteiger partial charge < -0.3 is 9.47 Å². The molecule has 0 bridgehead atoms. The summed E-state index contributed by atoms with van der Waals surface area (Å²) in [6.45, 7) is -1.62. The van der Waals surface area contributed by atoms with Gasteiger partial charge >= 0.3 is 12.4 Å². The van der Waals surface area contributed by atoms with Crippen LogP contribution in [0.2, 0.25) is 0 Å². The van der Waals surface area contributed by atoms with E-state index in [1.165, 1.54) is 19.4 Å². The topological polar surface area (TPSA) is 65.7 Å². The molecule has 0 atom stereocenters. The van der Waals surface area contributed by atoms with Crippen LogP contribution in [-0.2, 0) is 6.18 Å². The molecule has 12 heteroatoms. The minimum Gasteiger partial charge on any atom is -0.497 e. The zero-order valence-electron chi connectivity index (χ0n) is 14.5. The molecule has 0 aromatic carbocycles. The predicted molar refractivity (Wildman–Crippen MR) is 87.8 cm³/mol. The molecule has 3 heterocycles. The first-order valence-electron chi connectivity index (χ1n) is 7.83.